The average molecular weight is 401 g/mol. The molecule has 7 nitrogen and oxygen atoms in total. The third-order valence-corrected chi connectivity index (χ3v) is 5.65. The van der Waals surface area contributed by atoms with E-state index >= 15 is 0 Å². The molecule has 2 unspecified atom stereocenters. The number of carbonyl (C=O) groups is 2. The molecule has 0 spiro atoms. The highest BCUT2D eigenvalue weighted by atomic mass is 35.5. The molecule has 0 bridgehead atoms. The van der Waals surface area contributed by atoms with Crippen LogP contribution in [-0.2, 0) is 15.3 Å². The van der Waals surface area contributed by atoms with E-state index < -0.39 is 30.0 Å². The van der Waals surface area contributed by atoms with Gasteiger partial charge in [0.2, 0.25) is 0 Å². The number of thioether (sulfide) groups is 1. The van der Waals surface area contributed by atoms with E-state index in [2.05, 4.69) is 10.3 Å². The van der Waals surface area contributed by atoms with Crippen molar-refractivity contribution in [3.05, 3.63) is 34.6 Å². The Bertz CT molecular complexity index is 743. The molecule has 0 aromatic heterocycles. The molecule has 0 aliphatic carbocycles. The summed E-state index contributed by atoms with van der Waals surface area (Å²) in [5, 5.41) is 3.21. The fourth-order valence-corrected chi connectivity index (χ4v) is 4.28. The Labute approximate surface area is 159 Å². The van der Waals surface area contributed by atoms with Gasteiger partial charge >= 0.3 is 6.03 Å². The Kier molecular flexibility index (Phi) is 5.69. The van der Waals surface area contributed by atoms with Gasteiger partial charge in [0.15, 0.2) is 17.4 Å². The summed E-state index contributed by atoms with van der Waals surface area (Å²) in [6.45, 7) is 0.804. The van der Waals surface area contributed by atoms with E-state index in [4.69, 9.17) is 16.3 Å². The topological polar surface area (TPSA) is 74.2 Å². The van der Waals surface area contributed by atoms with Crippen LogP contribution in [0.25, 0.3) is 0 Å². The first kappa shape index (κ1) is 18.9. The van der Waals surface area contributed by atoms with E-state index in [9.17, 15) is 14.0 Å². The van der Waals surface area contributed by atoms with Crippen LogP contribution in [0.15, 0.2) is 23.2 Å². The van der Waals surface area contributed by atoms with E-state index in [0.717, 1.165) is 0 Å². The minimum Gasteiger partial charge on any atom is -0.383 e. The normalized spacial score (nSPS) is 22.4. The number of fused-ring (bicyclic) bond motifs is 1. The number of imide groups is 1. The predicted molar refractivity (Wildman–Crippen MR) is 97.6 cm³/mol. The van der Waals surface area contributed by atoms with Crippen LogP contribution in [-0.4, -0.2) is 66.4 Å². The number of methoxy groups -OCH3 is 1. The van der Waals surface area contributed by atoms with Gasteiger partial charge in [-0.05, 0) is 12.1 Å². The zero-order chi connectivity index (χ0) is 18.8. The van der Waals surface area contributed by atoms with Crippen LogP contribution in [0.4, 0.5) is 9.18 Å². The van der Waals surface area contributed by atoms with Crippen LogP contribution in [0.2, 0.25) is 5.02 Å². The Morgan fingerprint density at radius 1 is 1.42 bits per heavy atom. The average Bonchev–Trinajstić information content (AvgIpc) is 2.96. The fourth-order valence-electron chi connectivity index (χ4n) is 2.85. The van der Waals surface area contributed by atoms with E-state index in [1.54, 1.807) is 31.2 Å². The lowest BCUT2D eigenvalue weighted by molar-refractivity contribution is -0.127. The summed E-state index contributed by atoms with van der Waals surface area (Å²) in [6, 6.07) is 3.39. The van der Waals surface area contributed by atoms with Gasteiger partial charge in [0.25, 0.3) is 5.91 Å². The third kappa shape index (κ3) is 3.51. The number of hydrogen-bond donors (Lipinski definition) is 1. The molecule has 26 heavy (non-hydrogen) atoms. The maximum absolute atomic E-state index is 14.0. The van der Waals surface area contributed by atoms with Gasteiger partial charge in [-0.25, -0.2) is 14.2 Å². The molecule has 3 amide bonds. The maximum atomic E-state index is 14.0. The smallest absolute Gasteiger partial charge is 0.325 e. The van der Waals surface area contributed by atoms with Gasteiger partial charge in [-0.3, -0.25) is 10.1 Å². The number of carbonyl (C=O) groups excluding carboxylic acids is 2. The number of aliphatic imine (C=N–C) groups is 1. The molecule has 1 saturated heterocycles. The largest absolute Gasteiger partial charge is 0.383 e. The second-order valence-corrected chi connectivity index (χ2v) is 7.20. The SMILES string of the molecule is COCCN1C(SCc2c(F)cccc2Cl)=NC2C1C(=O)NC(=O)N2C. The lowest BCUT2D eigenvalue weighted by Gasteiger charge is -2.36. The van der Waals surface area contributed by atoms with Gasteiger partial charge in [-0.2, -0.15) is 0 Å². The molecule has 140 valence electrons. The Morgan fingerprint density at radius 2 is 2.19 bits per heavy atom. The summed E-state index contributed by atoms with van der Waals surface area (Å²) in [7, 11) is 3.14. The lowest BCUT2D eigenvalue weighted by Crippen LogP contribution is -2.63. The molecule has 0 saturated carbocycles. The Morgan fingerprint density at radius 3 is 2.88 bits per heavy atom. The molecule has 0 radical (unpaired) electrons. The highest BCUT2D eigenvalue weighted by Gasteiger charge is 2.48. The number of nitrogens with one attached hydrogen (secondary N) is 1. The van der Waals surface area contributed by atoms with Crippen molar-refractivity contribution in [2.75, 3.05) is 27.3 Å². The van der Waals surface area contributed by atoms with Crippen LogP contribution in [0.3, 0.4) is 0 Å². The number of hydrogen-bond acceptors (Lipinski definition) is 6. The van der Waals surface area contributed by atoms with Crippen molar-refractivity contribution in [2.45, 2.75) is 18.0 Å². The molecule has 2 aliphatic heterocycles. The van der Waals surface area contributed by atoms with Crippen molar-refractivity contribution in [1.82, 2.24) is 15.1 Å². The molecule has 1 N–H and O–H groups in total. The monoisotopic (exact) mass is 400 g/mol. The molecule has 1 aromatic carbocycles. The summed E-state index contributed by atoms with van der Waals surface area (Å²) < 4.78 is 19.1. The van der Waals surface area contributed by atoms with Crippen LogP contribution in [0, 0.1) is 5.82 Å². The number of amidine groups is 1. The maximum Gasteiger partial charge on any atom is 0.325 e. The molecular weight excluding hydrogens is 383 g/mol. The fraction of sp³-hybridized carbons (Fsp3) is 0.438. The number of urea groups is 1. The predicted octanol–water partition coefficient (Wildman–Crippen LogP) is 1.91. The number of amides is 3. The second kappa shape index (κ2) is 7.81. The molecular formula is C16H18ClFN4O3S. The standard InChI is InChI=1S/C16H18ClFN4O3S/c1-21-13-12(14(23)20-15(21)24)22(6-7-25-2)16(19-13)26-8-9-10(17)4-3-5-11(9)18/h3-5,12-13H,6-8H2,1-2H3,(H,20,23,24). The van der Waals surface area contributed by atoms with E-state index in [1.165, 1.54) is 22.7 Å². The molecule has 2 heterocycles. The molecule has 10 heteroatoms. The van der Waals surface area contributed by atoms with E-state index in [-0.39, 0.29) is 5.75 Å². The van der Waals surface area contributed by atoms with Crippen molar-refractivity contribution in [2.24, 2.45) is 4.99 Å². The van der Waals surface area contributed by atoms with Crippen LogP contribution < -0.4 is 5.32 Å². The molecule has 2 aliphatic rings. The number of nitrogens with zero attached hydrogens (tertiary/aromatic N) is 3. The van der Waals surface area contributed by atoms with Crippen molar-refractivity contribution in [3.63, 3.8) is 0 Å². The van der Waals surface area contributed by atoms with Crippen molar-refractivity contribution < 1.29 is 18.7 Å². The summed E-state index contributed by atoms with van der Waals surface area (Å²) in [5.74, 6) is -0.543. The van der Waals surface area contributed by atoms with Crippen LogP contribution in [0.1, 0.15) is 5.56 Å². The number of likely N-dealkylation sites (N-methyl/N-ethyl adjacent to an activating group) is 1. The third-order valence-electron chi connectivity index (χ3n) is 4.27. The summed E-state index contributed by atoms with van der Waals surface area (Å²) >= 11 is 7.35. The first-order chi connectivity index (χ1) is 12.4. The van der Waals surface area contributed by atoms with E-state index in [0.29, 0.717) is 28.9 Å². The first-order valence-corrected chi connectivity index (χ1v) is 9.27. The van der Waals surface area contributed by atoms with Gasteiger partial charge in [0.05, 0.1) is 6.61 Å². The van der Waals surface area contributed by atoms with Crippen LogP contribution in [0.5, 0.6) is 0 Å². The van der Waals surface area contributed by atoms with Gasteiger partial charge < -0.3 is 14.5 Å². The van der Waals surface area contributed by atoms with Gasteiger partial charge in [0, 0.05) is 37.0 Å². The highest BCUT2D eigenvalue weighted by molar-refractivity contribution is 8.13. The number of halogens is 2. The van der Waals surface area contributed by atoms with Gasteiger partial charge in [0.1, 0.15) is 5.82 Å². The highest BCUT2D eigenvalue weighted by Crippen LogP contribution is 2.31. The number of benzene rings is 1. The van der Waals surface area contributed by atoms with Gasteiger partial charge in [-0.15, -0.1) is 0 Å². The molecule has 1 aromatic rings. The quantitative estimate of drug-likeness (QED) is 0.817. The molecule has 1 fully saturated rings. The van der Waals surface area contributed by atoms with Crippen molar-refractivity contribution >= 4 is 40.5 Å². The number of ether oxygens (including phenoxy) is 1. The minimum atomic E-state index is -0.633. The van der Waals surface area contributed by atoms with E-state index in [1.807, 2.05) is 0 Å². The summed E-state index contributed by atoms with van der Waals surface area (Å²) in [6.07, 6.45) is -0.619. The molecule has 2 atom stereocenters. The lowest BCUT2D eigenvalue weighted by atomic mass is 10.1. The zero-order valence-corrected chi connectivity index (χ0v) is 15.8. The number of rotatable bonds is 5. The Hall–Kier alpha value is -1.84. The van der Waals surface area contributed by atoms with Crippen molar-refractivity contribution in [1.29, 1.82) is 0 Å². The van der Waals surface area contributed by atoms with Gasteiger partial charge in [-0.1, -0.05) is 29.4 Å². The van der Waals surface area contributed by atoms with Crippen molar-refractivity contribution in [3.8, 4) is 0 Å². The molecule has 3 rings (SSSR count). The minimum absolute atomic E-state index is 0.256. The summed E-state index contributed by atoms with van der Waals surface area (Å²) in [5.41, 5.74) is 0.373. The first-order valence-electron chi connectivity index (χ1n) is 7.90. The van der Waals surface area contributed by atoms with Crippen LogP contribution >= 0.6 is 23.4 Å². The zero-order valence-electron chi connectivity index (χ0n) is 14.2. The summed E-state index contributed by atoms with van der Waals surface area (Å²) in [4.78, 5) is 31.9. The Balaban J connectivity index is 1.83. The second-order valence-electron chi connectivity index (χ2n) is 5.85.